The van der Waals surface area contributed by atoms with E-state index in [0.29, 0.717) is 24.2 Å². The Morgan fingerprint density at radius 2 is 2.09 bits per heavy atom. The van der Waals surface area contributed by atoms with Crippen LogP contribution in [-0.4, -0.2) is 56.8 Å². The molecule has 2 N–H and O–H groups in total. The molecule has 9 nitrogen and oxygen atoms in total. The van der Waals surface area contributed by atoms with E-state index in [4.69, 9.17) is 9.47 Å². The number of hydrogen-bond donors (Lipinski definition) is 2. The van der Waals surface area contributed by atoms with Gasteiger partial charge in [0.1, 0.15) is 11.3 Å². The Kier molecular flexibility index (Phi) is 5.25. The fourth-order valence-electron chi connectivity index (χ4n) is 6.03. The Bertz CT molecular complexity index is 1030. The molecule has 1 aromatic heterocycles. The number of carbonyl (C=O) groups excluding carboxylic acids is 1. The van der Waals surface area contributed by atoms with Crippen LogP contribution in [0.2, 0.25) is 0 Å². The molecule has 1 amide bonds. The van der Waals surface area contributed by atoms with Gasteiger partial charge in [0.2, 0.25) is 12.7 Å². The fourth-order valence-corrected chi connectivity index (χ4v) is 6.03. The second-order valence-electron chi connectivity index (χ2n) is 10.0. The molecule has 4 atom stereocenters. The molecule has 7 rings (SSSR count). The summed E-state index contributed by atoms with van der Waals surface area (Å²) in [4.78, 5) is 15.4. The summed E-state index contributed by atoms with van der Waals surface area (Å²) in [7, 11) is 0. The second kappa shape index (κ2) is 8.29. The topological polar surface area (TPSA) is 102 Å². The third kappa shape index (κ3) is 3.97. The molecule has 0 spiro atoms. The van der Waals surface area contributed by atoms with E-state index in [-0.39, 0.29) is 18.6 Å². The molecule has 1 unspecified atom stereocenters. The maximum absolute atomic E-state index is 13.0. The van der Waals surface area contributed by atoms with Gasteiger partial charge < -0.3 is 19.9 Å². The summed E-state index contributed by atoms with van der Waals surface area (Å²) < 4.78 is 12.7. The van der Waals surface area contributed by atoms with Crippen LogP contribution in [0.1, 0.15) is 49.8 Å². The van der Waals surface area contributed by atoms with Gasteiger partial charge in [-0.25, -0.2) is 0 Å². The second-order valence-corrected chi connectivity index (χ2v) is 10.0. The number of aliphatic hydroxyl groups is 1. The van der Waals surface area contributed by atoms with E-state index < -0.39 is 5.60 Å². The highest BCUT2D eigenvalue weighted by Crippen LogP contribution is 2.39. The number of nitrogens with zero attached hydrogens (tertiary/aromatic N) is 4. The van der Waals surface area contributed by atoms with Gasteiger partial charge in [0, 0.05) is 19.1 Å². The van der Waals surface area contributed by atoms with Crippen LogP contribution in [0.4, 0.5) is 0 Å². The zero-order chi connectivity index (χ0) is 22.4. The number of benzene rings is 1. The lowest BCUT2D eigenvalue weighted by Crippen LogP contribution is -2.58. The number of aromatic nitrogens is 3. The Labute approximate surface area is 193 Å². The molecule has 1 aromatic carbocycles. The summed E-state index contributed by atoms with van der Waals surface area (Å²) in [6.07, 6.45) is 7.59. The number of ether oxygens (including phenoxy) is 2. The van der Waals surface area contributed by atoms with Crippen LogP contribution < -0.4 is 14.8 Å². The average Bonchev–Trinajstić information content (AvgIpc) is 3.59. The van der Waals surface area contributed by atoms with Crippen molar-refractivity contribution < 1.29 is 19.4 Å². The molecular formula is C24H31N5O4. The van der Waals surface area contributed by atoms with Crippen LogP contribution in [0.5, 0.6) is 11.5 Å². The maximum atomic E-state index is 13.0. The highest BCUT2D eigenvalue weighted by Gasteiger charge is 2.43. The fraction of sp³-hybridized carbons (Fsp3) is 0.625. The number of nitrogens with one attached hydrogen (secondary N) is 1. The van der Waals surface area contributed by atoms with Crippen molar-refractivity contribution in [3.05, 3.63) is 35.7 Å². The van der Waals surface area contributed by atoms with Gasteiger partial charge in [0.25, 0.3) is 0 Å². The van der Waals surface area contributed by atoms with Crippen molar-refractivity contribution in [1.82, 2.24) is 25.2 Å². The van der Waals surface area contributed by atoms with Gasteiger partial charge in [0.15, 0.2) is 11.5 Å². The highest BCUT2D eigenvalue weighted by molar-refractivity contribution is 5.79. The van der Waals surface area contributed by atoms with Crippen LogP contribution in [0.15, 0.2) is 24.4 Å². The van der Waals surface area contributed by atoms with E-state index in [1.54, 1.807) is 0 Å². The van der Waals surface area contributed by atoms with Crippen molar-refractivity contribution in [3.63, 3.8) is 0 Å². The highest BCUT2D eigenvalue weighted by atomic mass is 16.7. The number of amides is 1. The maximum Gasteiger partial charge on any atom is 0.231 e. The first-order chi connectivity index (χ1) is 16.1. The van der Waals surface area contributed by atoms with Gasteiger partial charge in [-0.15, -0.1) is 5.10 Å². The van der Waals surface area contributed by atoms with Gasteiger partial charge in [-0.1, -0.05) is 24.1 Å². The zero-order valence-corrected chi connectivity index (χ0v) is 18.8. The van der Waals surface area contributed by atoms with E-state index in [1.165, 1.54) is 0 Å². The SMILES string of the molecule is O=C(NCc1ccc2c(c1)OCO2)[C@H]1CN2CC[C@@H]1C[C@@H]2Cn1cc(C2(O)CCCC2)nn1. The lowest BCUT2D eigenvalue weighted by molar-refractivity contribution is -0.133. The predicted molar refractivity (Wildman–Crippen MR) is 118 cm³/mol. The minimum atomic E-state index is -0.800. The first-order valence-corrected chi connectivity index (χ1v) is 12.1. The van der Waals surface area contributed by atoms with E-state index in [1.807, 2.05) is 29.1 Å². The van der Waals surface area contributed by atoms with Gasteiger partial charge in [-0.05, 0) is 55.8 Å². The van der Waals surface area contributed by atoms with Crippen LogP contribution in [0.25, 0.3) is 0 Å². The van der Waals surface area contributed by atoms with Gasteiger partial charge >= 0.3 is 0 Å². The smallest absolute Gasteiger partial charge is 0.231 e. The Morgan fingerprint density at radius 3 is 2.91 bits per heavy atom. The van der Waals surface area contributed by atoms with Crippen molar-refractivity contribution in [2.45, 2.75) is 63.3 Å². The summed E-state index contributed by atoms with van der Waals surface area (Å²) in [6, 6.07) is 6.15. The first kappa shape index (κ1) is 20.9. The molecule has 1 saturated carbocycles. The Balaban J connectivity index is 1.05. The molecule has 33 heavy (non-hydrogen) atoms. The number of hydrogen-bond acceptors (Lipinski definition) is 7. The molecule has 2 aromatic rings. The van der Waals surface area contributed by atoms with Crippen molar-refractivity contribution in [2.75, 3.05) is 19.9 Å². The molecular weight excluding hydrogens is 422 g/mol. The van der Waals surface area contributed by atoms with E-state index in [9.17, 15) is 9.90 Å². The lowest BCUT2D eigenvalue weighted by atomic mass is 9.75. The van der Waals surface area contributed by atoms with Gasteiger partial charge in [0.05, 0.1) is 18.7 Å². The normalized spacial score (nSPS) is 29.4. The standard InChI is InChI=1S/C24H31N5O4/c30-23(25-11-16-3-4-20-21(9-16)33-15-32-20)19-13-28-8-5-17(19)10-18(28)12-29-14-22(26-27-29)24(31)6-1-2-7-24/h3-4,9,14,17-19,31H,1-2,5-8,10-13,15H2,(H,25,30)/t17-,18-,19+/m1/s1. The summed E-state index contributed by atoms with van der Waals surface area (Å²) in [5, 5.41) is 22.5. The van der Waals surface area contributed by atoms with Gasteiger partial charge in [-0.2, -0.15) is 0 Å². The molecule has 5 aliphatic rings. The molecule has 5 heterocycles. The molecule has 3 saturated heterocycles. The monoisotopic (exact) mass is 453 g/mol. The van der Waals surface area contributed by atoms with E-state index in [0.717, 1.165) is 75.2 Å². The van der Waals surface area contributed by atoms with Crippen molar-refractivity contribution in [3.8, 4) is 11.5 Å². The molecule has 1 aliphatic carbocycles. The number of carbonyl (C=O) groups is 1. The molecule has 0 radical (unpaired) electrons. The van der Waals surface area contributed by atoms with Crippen LogP contribution in [0, 0.1) is 11.8 Å². The summed E-state index contributed by atoms with van der Waals surface area (Å²) >= 11 is 0. The third-order valence-electron chi connectivity index (χ3n) is 7.96. The Hall–Kier alpha value is -2.65. The van der Waals surface area contributed by atoms with E-state index in [2.05, 4.69) is 20.5 Å². The predicted octanol–water partition coefficient (Wildman–Crippen LogP) is 1.80. The molecule has 9 heteroatoms. The average molecular weight is 454 g/mol. The number of piperidine rings is 3. The van der Waals surface area contributed by atoms with Crippen LogP contribution >= 0.6 is 0 Å². The minimum Gasteiger partial charge on any atom is -0.454 e. The third-order valence-corrected chi connectivity index (χ3v) is 7.96. The van der Waals surface area contributed by atoms with Crippen molar-refractivity contribution in [2.24, 2.45) is 11.8 Å². The first-order valence-electron chi connectivity index (χ1n) is 12.1. The van der Waals surface area contributed by atoms with Crippen LogP contribution in [-0.2, 0) is 23.5 Å². The quantitative estimate of drug-likeness (QED) is 0.688. The van der Waals surface area contributed by atoms with Crippen LogP contribution in [0.3, 0.4) is 0 Å². The Morgan fingerprint density at radius 1 is 1.24 bits per heavy atom. The van der Waals surface area contributed by atoms with Crippen molar-refractivity contribution in [1.29, 1.82) is 0 Å². The number of rotatable bonds is 6. The molecule has 2 bridgehead atoms. The molecule has 4 aliphatic heterocycles. The molecule has 176 valence electrons. The number of fused-ring (bicyclic) bond motifs is 4. The summed E-state index contributed by atoms with van der Waals surface area (Å²) in [5.74, 6) is 2.04. The zero-order valence-electron chi connectivity index (χ0n) is 18.8. The lowest BCUT2D eigenvalue weighted by Gasteiger charge is -2.49. The van der Waals surface area contributed by atoms with Crippen molar-refractivity contribution >= 4 is 5.91 Å². The van der Waals surface area contributed by atoms with E-state index >= 15 is 0 Å². The summed E-state index contributed by atoms with van der Waals surface area (Å²) in [6.45, 7) is 3.31. The summed E-state index contributed by atoms with van der Waals surface area (Å²) in [5.41, 5.74) is 0.917. The minimum absolute atomic E-state index is 0.0227. The van der Waals surface area contributed by atoms with Gasteiger partial charge in [-0.3, -0.25) is 14.4 Å². The largest absolute Gasteiger partial charge is 0.454 e. The molecule has 4 fully saturated rings.